The number of carbonyl (C=O) groups excluding carboxylic acids is 2. The van der Waals surface area contributed by atoms with Gasteiger partial charge in [-0.3, -0.25) is 9.59 Å². The fraction of sp³-hybridized carbons (Fsp3) is 0.364. The van der Waals surface area contributed by atoms with Crippen molar-refractivity contribution in [2.45, 2.75) is 26.7 Å². The van der Waals surface area contributed by atoms with Crippen molar-refractivity contribution in [3.8, 4) is 0 Å². The maximum absolute atomic E-state index is 12.6. The van der Waals surface area contributed by atoms with Crippen LogP contribution in [0.1, 0.15) is 34.3 Å². The molecule has 0 radical (unpaired) electrons. The lowest BCUT2D eigenvalue weighted by atomic mass is 9.99. The van der Waals surface area contributed by atoms with E-state index in [0.29, 0.717) is 13.1 Å². The summed E-state index contributed by atoms with van der Waals surface area (Å²) in [5.74, 6) is 1.03. The number of benzene rings is 1. The molecule has 0 aliphatic carbocycles. The van der Waals surface area contributed by atoms with E-state index in [4.69, 9.17) is 0 Å². The van der Waals surface area contributed by atoms with Gasteiger partial charge in [0, 0.05) is 44.6 Å². The molecule has 6 nitrogen and oxygen atoms in total. The van der Waals surface area contributed by atoms with Gasteiger partial charge in [0.2, 0.25) is 5.91 Å². The van der Waals surface area contributed by atoms with Crippen LogP contribution in [0.25, 0.3) is 10.2 Å². The van der Waals surface area contributed by atoms with Crippen molar-refractivity contribution in [1.29, 1.82) is 0 Å². The minimum Gasteiger partial charge on any atom is -0.352 e. The minimum atomic E-state index is 0.0408. The molecule has 0 unspecified atom stereocenters. The molecule has 1 fully saturated rings. The van der Waals surface area contributed by atoms with E-state index >= 15 is 0 Å². The van der Waals surface area contributed by atoms with Gasteiger partial charge in [-0.2, -0.15) is 0 Å². The smallest absolute Gasteiger partial charge is 0.223 e. The van der Waals surface area contributed by atoms with Crippen molar-refractivity contribution in [1.82, 2.24) is 14.9 Å². The molecule has 1 aromatic carbocycles. The highest BCUT2D eigenvalue weighted by Gasteiger charge is 2.24. The standard InChI is InChI=1S/C22H24N4O2S/c1-15-3-4-16(2)18(13-15)19(27)5-6-20(28)25-8-10-26(11-9-25)21-17-7-12-29-22(17)24-14-23-21/h3-4,7,12-14H,5-6,8-11H2,1-2H3. The number of carbonyl (C=O) groups is 2. The van der Waals surface area contributed by atoms with Crippen molar-refractivity contribution in [2.75, 3.05) is 31.1 Å². The predicted molar refractivity (Wildman–Crippen MR) is 116 cm³/mol. The highest BCUT2D eigenvalue weighted by atomic mass is 32.1. The third-order valence-electron chi connectivity index (χ3n) is 5.43. The van der Waals surface area contributed by atoms with E-state index in [1.54, 1.807) is 17.7 Å². The average Bonchev–Trinajstić information content (AvgIpc) is 3.22. The summed E-state index contributed by atoms with van der Waals surface area (Å²) in [7, 11) is 0. The molecular formula is C22H24N4O2S. The van der Waals surface area contributed by atoms with Crippen molar-refractivity contribution < 1.29 is 9.59 Å². The molecule has 0 bridgehead atoms. The van der Waals surface area contributed by atoms with Crippen molar-refractivity contribution >= 4 is 39.1 Å². The topological polar surface area (TPSA) is 66.4 Å². The van der Waals surface area contributed by atoms with Crippen molar-refractivity contribution in [2.24, 2.45) is 0 Å². The number of amides is 1. The van der Waals surface area contributed by atoms with Gasteiger partial charge >= 0.3 is 0 Å². The van der Waals surface area contributed by atoms with E-state index in [9.17, 15) is 9.59 Å². The van der Waals surface area contributed by atoms with Gasteiger partial charge in [-0.15, -0.1) is 11.3 Å². The van der Waals surface area contributed by atoms with Gasteiger partial charge < -0.3 is 9.80 Å². The van der Waals surface area contributed by atoms with Crippen LogP contribution in [0.2, 0.25) is 0 Å². The molecular weight excluding hydrogens is 384 g/mol. The zero-order chi connectivity index (χ0) is 20.4. The Kier molecular flexibility index (Phi) is 5.58. The van der Waals surface area contributed by atoms with E-state index in [0.717, 1.165) is 45.8 Å². The van der Waals surface area contributed by atoms with Crippen LogP contribution in [-0.4, -0.2) is 52.7 Å². The molecule has 1 amide bonds. The summed E-state index contributed by atoms with van der Waals surface area (Å²) in [5.41, 5.74) is 2.75. The number of anilines is 1. The molecule has 0 spiro atoms. The van der Waals surface area contributed by atoms with Gasteiger partial charge in [0.25, 0.3) is 0 Å². The Morgan fingerprint density at radius 3 is 2.62 bits per heavy atom. The molecule has 3 aromatic rings. The first-order valence-electron chi connectivity index (χ1n) is 9.84. The van der Waals surface area contributed by atoms with Crippen LogP contribution in [0.15, 0.2) is 36.0 Å². The first-order chi connectivity index (χ1) is 14.0. The second-order valence-electron chi connectivity index (χ2n) is 7.45. The molecule has 0 N–H and O–H groups in total. The average molecular weight is 409 g/mol. The van der Waals surface area contributed by atoms with Crippen LogP contribution >= 0.6 is 11.3 Å². The van der Waals surface area contributed by atoms with E-state index < -0.39 is 0 Å². The van der Waals surface area contributed by atoms with Crippen molar-refractivity contribution in [3.63, 3.8) is 0 Å². The number of aryl methyl sites for hydroxylation is 2. The molecule has 150 valence electrons. The zero-order valence-electron chi connectivity index (χ0n) is 16.7. The number of Topliss-reactive ketones (excluding diaryl/α,β-unsaturated/α-hetero) is 1. The lowest BCUT2D eigenvalue weighted by Crippen LogP contribution is -2.49. The molecule has 4 rings (SSSR count). The summed E-state index contributed by atoms with van der Waals surface area (Å²) in [4.78, 5) is 39.0. The third kappa shape index (κ3) is 4.15. The summed E-state index contributed by atoms with van der Waals surface area (Å²) < 4.78 is 0. The van der Waals surface area contributed by atoms with Gasteiger partial charge in [-0.05, 0) is 36.9 Å². The Hall–Kier alpha value is -2.80. The summed E-state index contributed by atoms with van der Waals surface area (Å²) in [6.45, 7) is 6.67. The SMILES string of the molecule is Cc1ccc(C)c(C(=O)CCC(=O)N2CCN(c3ncnc4sccc34)CC2)c1. The van der Waals surface area contributed by atoms with E-state index in [2.05, 4.69) is 14.9 Å². The molecule has 1 aliphatic heterocycles. The number of thiophene rings is 1. The second kappa shape index (κ2) is 8.29. The summed E-state index contributed by atoms with van der Waals surface area (Å²) >= 11 is 1.61. The van der Waals surface area contributed by atoms with Crippen LogP contribution in [-0.2, 0) is 4.79 Å². The zero-order valence-corrected chi connectivity index (χ0v) is 17.5. The molecule has 2 aromatic heterocycles. The second-order valence-corrected chi connectivity index (χ2v) is 8.34. The number of ketones is 1. The number of aromatic nitrogens is 2. The van der Waals surface area contributed by atoms with E-state index in [1.807, 2.05) is 48.4 Å². The Morgan fingerprint density at radius 2 is 1.83 bits per heavy atom. The number of piperazine rings is 1. The normalized spacial score (nSPS) is 14.4. The molecule has 1 aliphatic rings. The summed E-state index contributed by atoms with van der Waals surface area (Å²) in [6, 6.07) is 7.92. The Morgan fingerprint density at radius 1 is 1.03 bits per heavy atom. The fourth-order valence-electron chi connectivity index (χ4n) is 3.75. The third-order valence-corrected chi connectivity index (χ3v) is 6.25. The van der Waals surface area contributed by atoms with Gasteiger partial charge in [0.05, 0.1) is 5.39 Å². The Balaban J connectivity index is 1.33. The Bertz CT molecular complexity index is 1050. The van der Waals surface area contributed by atoms with Crippen LogP contribution in [0.3, 0.4) is 0 Å². The number of hydrogen-bond donors (Lipinski definition) is 0. The quantitative estimate of drug-likeness (QED) is 0.603. The first kappa shape index (κ1) is 19.5. The van der Waals surface area contributed by atoms with Gasteiger partial charge in [0.15, 0.2) is 5.78 Å². The highest BCUT2D eigenvalue weighted by molar-refractivity contribution is 7.16. The Labute approximate surface area is 174 Å². The lowest BCUT2D eigenvalue weighted by molar-refractivity contribution is -0.131. The predicted octanol–water partition coefficient (Wildman–Crippen LogP) is 3.62. The molecule has 0 atom stereocenters. The molecule has 7 heteroatoms. The van der Waals surface area contributed by atoms with Crippen LogP contribution in [0.5, 0.6) is 0 Å². The van der Waals surface area contributed by atoms with E-state index in [1.165, 1.54) is 0 Å². The molecule has 29 heavy (non-hydrogen) atoms. The lowest BCUT2D eigenvalue weighted by Gasteiger charge is -2.35. The van der Waals surface area contributed by atoms with Crippen molar-refractivity contribution in [3.05, 3.63) is 52.7 Å². The maximum atomic E-state index is 12.6. The number of nitrogens with zero attached hydrogens (tertiary/aromatic N) is 4. The van der Waals surface area contributed by atoms with Crippen LogP contribution in [0, 0.1) is 13.8 Å². The van der Waals surface area contributed by atoms with E-state index in [-0.39, 0.29) is 24.5 Å². The summed E-state index contributed by atoms with van der Waals surface area (Å²) in [6.07, 6.45) is 2.11. The number of hydrogen-bond acceptors (Lipinski definition) is 6. The highest BCUT2D eigenvalue weighted by Crippen LogP contribution is 2.27. The van der Waals surface area contributed by atoms with Gasteiger partial charge in [0.1, 0.15) is 17.0 Å². The monoisotopic (exact) mass is 408 g/mol. The number of fused-ring (bicyclic) bond motifs is 1. The number of rotatable bonds is 5. The summed E-state index contributed by atoms with van der Waals surface area (Å²) in [5, 5.41) is 3.09. The fourth-order valence-corrected chi connectivity index (χ4v) is 4.47. The molecule has 0 saturated carbocycles. The molecule has 3 heterocycles. The van der Waals surface area contributed by atoms with Crippen LogP contribution in [0.4, 0.5) is 5.82 Å². The van der Waals surface area contributed by atoms with Gasteiger partial charge in [-0.1, -0.05) is 17.7 Å². The maximum Gasteiger partial charge on any atom is 0.223 e. The first-order valence-corrected chi connectivity index (χ1v) is 10.7. The van der Waals surface area contributed by atoms with Crippen LogP contribution < -0.4 is 4.90 Å². The molecule has 1 saturated heterocycles. The largest absolute Gasteiger partial charge is 0.352 e. The van der Waals surface area contributed by atoms with Gasteiger partial charge in [-0.25, -0.2) is 9.97 Å². The minimum absolute atomic E-state index is 0.0408.